The zero-order chi connectivity index (χ0) is 20.8. The summed E-state index contributed by atoms with van der Waals surface area (Å²) in [4.78, 5) is 28.6. The predicted molar refractivity (Wildman–Crippen MR) is 111 cm³/mol. The predicted octanol–water partition coefficient (Wildman–Crippen LogP) is 4.07. The second kappa shape index (κ2) is 9.39. The van der Waals surface area contributed by atoms with Gasteiger partial charge in [0.05, 0.1) is 12.1 Å². The molecule has 0 unspecified atom stereocenters. The summed E-state index contributed by atoms with van der Waals surface area (Å²) < 4.78 is 10.7. The van der Waals surface area contributed by atoms with E-state index in [9.17, 15) is 9.59 Å². The van der Waals surface area contributed by atoms with Crippen LogP contribution in [-0.4, -0.2) is 30.1 Å². The Labute approximate surface area is 173 Å². The average molecular weight is 413 g/mol. The number of benzene rings is 2. The number of pyridine rings is 1. The highest BCUT2D eigenvalue weighted by Crippen LogP contribution is 2.28. The number of nitrogens with zero attached hydrogens (tertiary/aromatic N) is 1. The van der Waals surface area contributed by atoms with Gasteiger partial charge in [0.15, 0.2) is 12.3 Å². The summed E-state index contributed by atoms with van der Waals surface area (Å²) in [5.74, 6) is -0.501. The molecule has 0 aliphatic heterocycles. The Morgan fingerprint density at radius 2 is 1.86 bits per heavy atom. The molecule has 6 nitrogen and oxygen atoms in total. The Bertz CT molecular complexity index is 1030. The number of rotatable bonds is 7. The third kappa shape index (κ3) is 5.45. The molecule has 0 aliphatic carbocycles. The molecule has 3 rings (SSSR count). The summed E-state index contributed by atoms with van der Waals surface area (Å²) in [6, 6.07) is 14.4. The lowest BCUT2D eigenvalue weighted by Gasteiger charge is -2.12. The normalized spacial score (nSPS) is 10.6. The lowest BCUT2D eigenvalue weighted by atomic mass is 10.1. The highest BCUT2D eigenvalue weighted by atomic mass is 35.5. The fourth-order valence-electron chi connectivity index (χ4n) is 2.70. The van der Waals surface area contributed by atoms with Crippen LogP contribution >= 0.6 is 11.6 Å². The van der Waals surface area contributed by atoms with E-state index < -0.39 is 5.97 Å². The minimum absolute atomic E-state index is 0.108. The van der Waals surface area contributed by atoms with Gasteiger partial charge in [0.2, 0.25) is 0 Å². The molecule has 1 amide bonds. The summed E-state index contributed by atoms with van der Waals surface area (Å²) in [7, 11) is 0. The Hall–Kier alpha value is -3.12. The van der Waals surface area contributed by atoms with E-state index in [2.05, 4.69) is 10.3 Å². The van der Waals surface area contributed by atoms with Crippen LogP contribution in [0.25, 0.3) is 10.9 Å². The SMILES string of the molecule is CCOC(=O)c1cc(OCC(=O)NCc2ccc(C)cc2)c2cc(Cl)ccc2n1. The molecule has 7 heteroatoms. The Kier molecular flexibility index (Phi) is 6.67. The van der Waals surface area contributed by atoms with Crippen molar-refractivity contribution in [1.29, 1.82) is 0 Å². The largest absolute Gasteiger partial charge is 0.483 e. The lowest BCUT2D eigenvalue weighted by Crippen LogP contribution is -2.28. The van der Waals surface area contributed by atoms with Crippen LogP contribution in [0.5, 0.6) is 5.75 Å². The highest BCUT2D eigenvalue weighted by molar-refractivity contribution is 6.31. The molecule has 1 heterocycles. The number of hydrogen-bond donors (Lipinski definition) is 1. The molecular formula is C22H21ClN2O4. The molecule has 29 heavy (non-hydrogen) atoms. The number of ether oxygens (including phenoxy) is 2. The number of aromatic nitrogens is 1. The molecule has 0 atom stereocenters. The number of carbonyl (C=O) groups excluding carboxylic acids is 2. The van der Waals surface area contributed by atoms with Gasteiger partial charge < -0.3 is 14.8 Å². The summed E-state index contributed by atoms with van der Waals surface area (Å²) in [6.07, 6.45) is 0. The van der Waals surface area contributed by atoms with Gasteiger partial charge in [0.1, 0.15) is 5.75 Å². The smallest absolute Gasteiger partial charge is 0.357 e. The molecule has 0 spiro atoms. The van der Waals surface area contributed by atoms with Gasteiger partial charge in [-0.15, -0.1) is 0 Å². The topological polar surface area (TPSA) is 77.5 Å². The zero-order valence-corrected chi connectivity index (χ0v) is 17.0. The maximum atomic E-state index is 12.2. The van der Waals surface area contributed by atoms with Crippen LogP contribution in [0.2, 0.25) is 5.02 Å². The van der Waals surface area contributed by atoms with E-state index in [4.69, 9.17) is 21.1 Å². The van der Waals surface area contributed by atoms with Crippen molar-refractivity contribution in [3.63, 3.8) is 0 Å². The van der Waals surface area contributed by atoms with E-state index in [1.54, 1.807) is 25.1 Å². The summed E-state index contributed by atoms with van der Waals surface area (Å²) in [5.41, 5.74) is 2.78. The van der Waals surface area contributed by atoms with E-state index in [0.717, 1.165) is 11.1 Å². The van der Waals surface area contributed by atoms with Gasteiger partial charge in [-0.25, -0.2) is 9.78 Å². The molecule has 1 N–H and O–H groups in total. The van der Waals surface area contributed by atoms with Crippen LogP contribution in [0, 0.1) is 6.92 Å². The number of halogens is 1. The van der Waals surface area contributed by atoms with Gasteiger partial charge in [0, 0.05) is 23.0 Å². The molecule has 0 fully saturated rings. The molecule has 0 bridgehead atoms. The molecule has 1 aromatic heterocycles. The molecule has 0 radical (unpaired) electrons. The first kappa shape index (κ1) is 20.6. The number of aryl methyl sites for hydroxylation is 1. The minimum atomic E-state index is -0.557. The first-order valence-corrected chi connectivity index (χ1v) is 9.56. The average Bonchev–Trinajstić information content (AvgIpc) is 2.71. The maximum Gasteiger partial charge on any atom is 0.357 e. The molecular weight excluding hydrogens is 392 g/mol. The Balaban J connectivity index is 1.73. The van der Waals surface area contributed by atoms with E-state index in [-0.39, 0.29) is 24.8 Å². The number of esters is 1. The van der Waals surface area contributed by atoms with Gasteiger partial charge >= 0.3 is 5.97 Å². The standard InChI is InChI=1S/C22H21ClN2O4/c1-3-28-22(27)19-11-20(17-10-16(23)8-9-18(17)25-19)29-13-21(26)24-12-15-6-4-14(2)5-7-15/h4-11H,3,12-13H2,1-2H3,(H,24,26). The Morgan fingerprint density at radius 1 is 1.10 bits per heavy atom. The van der Waals surface area contributed by atoms with Gasteiger partial charge in [-0.1, -0.05) is 41.4 Å². The third-order valence-electron chi connectivity index (χ3n) is 4.19. The van der Waals surface area contributed by atoms with E-state index >= 15 is 0 Å². The molecule has 150 valence electrons. The van der Waals surface area contributed by atoms with Crippen molar-refractivity contribution in [3.05, 3.63) is 70.4 Å². The number of fused-ring (bicyclic) bond motifs is 1. The van der Waals surface area contributed by atoms with Crippen LogP contribution < -0.4 is 10.1 Å². The van der Waals surface area contributed by atoms with Crippen LogP contribution in [-0.2, 0) is 16.1 Å². The number of hydrogen-bond acceptors (Lipinski definition) is 5. The van der Waals surface area contributed by atoms with Gasteiger partial charge in [-0.05, 0) is 37.6 Å². The van der Waals surface area contributed by atoms with E-state index in [1.807, 2.05) is 31.2 Å². The zero-order valence-electron chi connectivity index (χ0n) is 16.2. The van der Waals surface area contributed by atoms with Crippen molar-refractivity contribution in [1.82, 2.24) is 10.3 Å². The van der Waals surface area contributed by atoms with E-state index in [0.29, 0.717) is 28.2 Å². The maximum absolute atomic E-state index is 12.2. The second-order valence-electron chi connectivity index (χ2n) is 6.44. The fraction of sp³-hybridized carbons (Fsp3) is 0.227. The number of carbonyl (C=O) groups is 2. The lowest BCUT2D eigenvalue weighted by molar-refractivity contribution is -0.123. The first-order valence-electron chi connectivity index (χ1n) is 9.18. The van der Waals surface area contributed by atoms with Crippen LogP contribution in [0.4, 0.5) is 0 Å². The van der Waals surface area contributed by atoms with Gasteiger partial charge in [-0.3, -0.25) is 4.79 Å². The minimum Gasteiger partial charge on any atom is -0.483 e. The van der Waals surface area contributed by atoms with Crippen LogP contribution in [0.1, 0.15) is 28.5 Å². The van der Waals surface area contributed by atoms with Crippen molar-refractivity contribution in [2.45, 2.75) is 20.4 Å². The van der Waals surface area contributed by atoms with E-state index in [1.165, 1.54) is 6.07 Å². The molecule has 0 saturated heterocycles. The van der Waals surface area contributed by atoms with Crippen molar-refractivity contribution in [2.75, 3.05) is 13.2 Å². The fourth-order valence-corrected chi connectivity index (χ4v) is 2.87. The second-order valence-corrected chi connectivity index (χ2v) is 6.88. The van der Waals surface area contributed by atoms with Crippen molar-refractivity contribution in [2.24, 2.45) is 0 Å². The molecule has 0 saturated carbocycles. The summed E-state index contributed by atoms with van der Waals surface area (Å²) in [5, 5.41) is 3.91. The summed E-state index contributed by atoms with van der Waals surface area (Å²) >= 11 is 6.08. The van der Waals surface area contributed by atoms with Crippen LogP contribution in [0.3, 0.4) is 0 Å². The number of nitrogens with one attached hydrogen (secondary N) is 1. The number of amides is 1. The Morgan fingerprint density at radius 3 is 2.59 bits per heavy atom. The third-order valence-corrected chi connectivity index (χ3v) is 4.42. The quantitative estimate of drug-likeness (QED) is 0.592. The summed E-state index contributed by atoms with van der Waals surface area (Å²) in [6.45, 7) is 4.15. The van der Waals surface area contributed by atoms with Crippen LogP contribution in [0.15, 0.2) is 48.5 Å². The first-order chi connectivity index (χ1) is 14.0. The molecule has 3 aromatic rings. The molecule has 2 aromatic carbocycles. The van der Waals surface area contributed by atoms with Crippen molar-refractivity contribution >= 4 is 34.4 Å². The molecule has 0 aliphatic rings. The van der Waals surface area contributed by atoms with Crippen molar-refractivity contribution < 1.29 is 19.1 Å². The monoisotopic (exact) mass is 412 g/mol. The van der Waals surface area contributed by atoms with Crippen molar-refractivity contribution in [3.8, 4) is 5.75 Å². The highest BCUT2D eigenvalue weighted by Gasteiger charge is 2.15. The van der Waals surface area contributed by atoms with Gasteiger partial charge in [0.25, 0.3) is 5.91 Å². The van der Waals surface area contributed by atoms with Gasteiger partial charge in [-0.2, -0.15) is 0 Å².